The number of hydrogen-bond donors (Lipinski definition) is 1. The molecule has 0 spiro atoms. The number of carbonyl (C=O) groups is 2. The number of halogens is 3. The van der Waals surface area contributed by atoms with Gasteiger partial charge in [-0.25, -0.2) is 0 Å². The van der Waals surface area contributed by atoms with Gasteiger partial charge in [0, 0.05) is 17.5 Å². The van der Waals surface area contributed by atoms with Crippen LogP contribution in [0.4, 0.5) is 24.5 Å². The van der Waals surface area contributed by atoms with E-state index in [9.17, 15) is 22.8 Å². The van der Waals surface area contributed by atoms with Crippen molar-refractivity contribution in [2.75, 3.05) is 23.3 Å². The zero-order chi connectivity index (χ0) is 20.8. The van der Waals surface area contributed by atoms with Crippen LogP contribution in [-0.4, -0.2) is 42.0 Å². The van der Waals surface area contributed by atoms with Gasteiger partial charge in [-0.05, 0) is 42.5 Å². The zero-order valence-corrected chi connectivity index (χ0v) is 16.5. The number of hydrogen-bond acceptors (Lipinski definition) is 4. The molecule has 2 aliphatic heterocycles. The summed E-state index contributed by atoms with van der Waals surface area (Å²) in [6.45, 7) is 2.41. The fraction of sp³-hybridized carbons (Fsp3) is 0.400. The molecule has 29 heavy (non-hydrogen) atoms. The molecule has 154 valence electrons. The number of carbonyl (C=O) groups excluding carboxylic acids is 2. The number of nitrogens with zero attached hydrogens (tertiary/aromatic N) is 2. The Kier molecular flexibility index (Phi) is 5.12. The van der Waals surface area contributed by atoms with Crippen molar-refractivity contribution in [1.29, 1.82) is 0 Å². The first-order valence-electron chi connectivity index (χ1n) is 9.33. The predicted octanol–water partition coefficient (Wildman–Crippen LogP) is 3.97. The molecule has 0 aliphatic carbocycles. The quantitative estimate of drug-likeness (QED) is 0.795. The summed E-state index contributed by atoms with van der Waals surface area (Å²) in [7, 11) is 0. The fourth-order valence-corrected chi connectivity index (χ4v) is 4.99. The van der Waals surface area contributed by atoms with Crippen LogP contribution in [-0.2, 0) is 16.0 Å². The molecule has 0 saturated heterocycles. The number of fused-ring (bicyclic) bond motifs is 2. The summed E-state index contributed by atoms with van der Waals surface area (Å²) < 4.78 is 41.5. The molecular weight excluding hydrogens is 403 g/mol. The van der Waals surface area contributed by atoms with Crippen molar-refractivity contribution < 1.29 is 22.8 Å². The lowest BCUT2D eigenvalue weighted by Crippen LogP contribution is -2.53. The van der Waals surface area contributed by atoms with E-state index >= 15 is 0 Å². The lowest BCUT2D eigenvalue weighted by atomic mass is 10.0. The molecule has 1 N–H and O–H groups in total. The molecule has 9 heteroatoms. The van der Waals surface area contributed by atoms with E-state index in [1.165, 1.54) is 17.0 Å². The van der Waals surface area contributed by atoms with Gasteiger partial charge in [0.2, 0.25) is 11.8 Å². The van der Waals surface area contributed by atoms with Crippen molar-refractivity contribution in [1.82, 2.24) is 4.90 Å². The summed E-state index contributed by atoms with van der Waals surface area (Å²) in [4.78, 5) is 29.2. The summed E-state index contributed by atoms with van der Waals surface area (Å²) in [5.74, 6) is -1.42. The summed E-state index contributed by atoms with van der Waals surface area (Å²) in [6.07, 6.45) is -4.78. The van der Waals surface area contributed by atoms with Gasteiger partial charge >= 0.3 is 6.18 Å². The van der Waals surface area contributed by atoms with E-state index in [0.717, 1.165) is 16.9 Å². The van der Waals surface area contributed by atoms with Crippen LogP contribution in [0.25, 0.3) is 0 Å². The number of nitrogens with one attached hydrogen (secondary N) is 1. The second-order valence-electron chi connectivity index (χ2n) is 7.29. The fourth-order valence-electron chi connectivity index (χ4n) is 4.02. The average molecular weight is 423 g/mol. The molecule has 0 unspecified atom stereocenters. The maximum atomic E-state index is 13.8. The van der Waals surface area contributed by atoms with Crippen LogP contribution in [0.15, 0.2) is 35.7 Å². The van der Waals surface area contributed by atoms with Crippen LogP contribution in [0.1, 0.15) is 29.8 Å². The molecule has 2 aliphatic rings. The molecule has 3 heterocycles. The molecule has 0 bridgehead atoms. The first-order valence-corrected chi connectivity index (χ1v) is 10.2. The normalized spacial score (nSPS) is 22.5. The van der Waals surface area contributed by atoms with E-state index in [2.05, 4.69) is 5.32 Å². The molecule has 0 radical (unpaired) electrons. The van der Waals surface area contributed by atoms with Crippen molar-refractivity contribution in [3.05, 3.63) is 46.2 Å². The highest BCUT2D eigenvalue weighted by Crippen LogP contribution is 2.38. The lowest BCUT2D eigenvalue weighted by Gasteiger charge is -2.37. The Hall–Kier alpha value is -2.39. The topological polar surface area (TPSA) is 52.7 Å². The van der Waals surface area contributed by atoms with E-state index in [1.54, 1.807) is 23.5 Å². The number of para-hydroxylation sites is 2. The second-order valence-corrected chi connectivity index (χ2v) is 8.29. The van der Waals surface area contributed by atoms with Gasteiger partial charge in [0.15, 0.2) is 0 Å². The van der Waals surface area contributed by atoms with Crippen LogP contribution >= 0.6 is 11.3 Å². The van der Waals surface area contributed by atoms with E-state index in [4.69, 9.17) is 0 Å². The minimum Gasteiger partial charge on any atom is -0.324 e. The zero-order valence-electron chi connectivity index (χ0n) is 15.7. The highest BCUT2D eigenvalue weighted by molar-refractivity contribution is 7.10. The number of thiophene rings is 1. The smallest absolute Gasteiger partial charge is 0.324 e. The van der Waals surface area contributed by atoms with Crippen molar-refractivity contribution in [2.24, 2.45) is 0 Å². The summed E-state index contributed by atoms with van der Waals surface area (Å²) >= 11 is 1.66. The number of anilines is 2. The Balaban J connectivity index is 1.66. The molecule has 1 aromatic carbocycles. The third-order valence-electron chi connectivity index (χ3n) is 5.52. The Morgan fingerprint density at radius 3 is 2.79 bits per heavy atom. The van der Waals surface area contributed by atoms with Crippen LogP contribution in [0.3, 0.4) is 0 Å². The van der Waals surface area contributed by atoms with Gasteiger partial charge in [-0.15, -0.1) is 11.3 Å². The molecule has 2 amide bonds. The third-order valence-corrected chi connectivity index (χ3v) is 6.51. The van der Waals surface area contributed by atoms with Crippen molar-refractivity contribution in [3.8, 4) is 0 Å². The molecule has 0 fully saturated rings. The predicted molar refractivity (Wildman–Crippen MR) is 105 cm³/mol. The summed E-state index contributed by atoms with van der Waals surface area (Å²) in [5, 5.41) is 4.48. The summed E-state index contributed by atoms with van der Waals surface area (Å²) in [5.41, 5.74) is 1.41. The Morgan fingerprint density at radius 2 is 2.03 bits per heavy atom. The molecule has 2 aromatic rings. The highest BCUT2D eigenvalue weighted by Gasteiger charge is 2.49. The van der Waals surface area contributed by atoms with Crippen LogP contribution in [0, 0.1) is 0 Å². The third kappa shape index (κ3) is 3.76. The Labute approximate surface area is 170 Å². The van der Waals surface area contributed by atoms with Crippen molar-refractivity contribution >= 4 is 34.5 Å². The summed E-state index contributed by atoms with van der Waals surface area (Å²) in [6, 6.07) is 5.87. The van der Waals surface area contributed by atoms with Gasteiger partial charge < -0.3 is 5.32 Å². The molecule has 5 nitrogen and oxygen atoms in total. The standard InChI is InChI=1S/C20H20F3N3O2S/c1-12-13-7-9-29-16(13)6-8-25(12)11-19(28)26-15-5-3-2-4-14(15)24-18(27)10-17(26)20(21,22)23/h2-5,7,9,12,17H,6,8,10-11H2,1H3,(H,24,27)/t12-,17+/m0/s1. The lowest BCUT2D eigenvalue weighted by molar-refractivity contribution is -0.158. The number of benzene rings is 1. The minimum absolute atomic E-state index is 0.0553. The van der Waals surface area contributed by atoms with Crippen molar-refractivity contribution in [3.63, 3.8) is 0 Å². The molecule has 0 saturated carbocycles. The SMILES string of the molecule is C[C@H]1c2ccsc2CCN1CC(=O)N1c2ccccc2NC(=O)C[C@@H]1C(F)(F)F. The van der Waals surface area contributed by atoms with Gasteiger partial charge in [0.1, 0.15) is 6.04 Å². The van der Waals surface area contributed by atoms with E-state index in [1.807, 2.05) is 23.3 Å². The van der Waals surface area contributed by atoms with Gasteiger partial charge in [-0.3, -0.25) is 19.4 Å². The van der Waals surface area contributed by atoms with Crippen LogP contribution in [0.5, 0.6) is 0 Å². The maximum absolute atomic E-state index is 13.8. The molecule has 1 aromatic heterocycles. The average Bonchev–Trinajstić information content (AvgIpc) is 3.07. The van der Waals surface area contributed by atoms with Gasteiger partial charge in [-0.1, -0.05) is 12.1 Å². The van der Waals surface area contributed by atoms with E-state index in [0.29, 0.717) is 6.54 Å². The Morgan fingerprint density at radius 1 is 1.28 bits per heavy atom. The monoisotopic (exact) mass is 423 g/mol. The van der Waals surface area contributed by atoms with Crippen LogP contribution in [0.2, 0.25) is 0 Å². The minimum atomic E-state index is -4.72. The number of rotatable bonds is 2. The van der Waals surface area contributed by atoms with Crippen LogP contribution < -0.4 is 10.2 Å². The first kappa shape index (κ1) is 19.9. The second kappa shape index (κ2) is 7.46. The van der Waals surface area contributed by atoms with Gasteiger partial charge in [0.25, 0.3) is 0 Å². The highest BCUT2D eigenvalue weighted by atomic mass is 32.1. The Bertz CT molecular complexity index is 943. The van der Waals surface area contributed by atoms with Gasteiger partial charge in [-0.2, -0.15) is 13.2 Å². The molecule has 4 rings (SSSR count). The molecule has 2 atom stereocenters. The van der Waals surface area contributed by atoms with Crippen molar-refractivity contribution in [2.45, 2.75) is 38.0 Å². The maximum Gasteiger partial charge on any atom is 0.409 e. The molecular formula is C20H20F3N3O2S. The largest absolute Gasteiger partial charge is 0.409 e. The number of amides is 2. The van der Waals surface area contributed by atoms with Gasteiger partial charge in [0.05, 0.1) is 24.3 Å². The first-order chi connectivity index (χ1) is 13.8. The number of alkyl halides is 3. The van der Waals surface area contributed by atoms with E-state index < -0.39 is 30.5 Å². The van der Waals surface area contributed by atoms with E-state index in [-0.39, 0.29) is 24.0 Å².